The van der Waals surface area contributed by atoms with E-state index in [2.05, 4.69) is 5.10 Å². The summed E-state index contributed by atoms with van der Waals surface area (Å²) in [6.45, 7) is 1.03. The number of nitrogens with zero attached hydrogens (tertiary/aromatic N) is 3. The Bertz CT molecular complexity index is 736. The second-order valence-electron chi connectivity index (χ2n) is 5.75. The molecule has 1 amide bonds. The van der Waals surface area contributed by atoms with E-state index in [0.29, 0.717) is 19.0 Å². The van der Waals surface area contributed by atoms with Crippen LogP contribution < -0.4 is 4.74 Å². The van der Waals surface area contributed by atoms with Crippen molar-refractivity contribution in [1.82, 2.24) is 14.7 Å². The fourth-order valence-corrected chi connectivity index (χ4v) is 2.93. The Morgan fingerprint density at radius 2 is 2.25 bits per heavy atom. The maximum Gasteiger partial charge on any atom is 0.325 e. The third-order valence-corrected chi connectivity index (χ3v) is 4.08. The van der Waals surface area contributed by atoms with Gasteiger partial charge in [0.05, 0.1) is 12.8 Å². The van der Waals surface area contributed by atoms with Crippen molar-refractivity contribution in [2.75, 3.05) is 20.2 Å². The number of carboxylic acids is 1. The number of amides is 1. The predicted octanol–water partition coefficient (Wildman–Crippen LogP) is 1.59. The van der Waals surface area contributed by atoms with Gasteiger partial charge in [0.1, 0.15) is 6.54 Å². The molecule has 2 aromatic rings. The highest BCUT2D eigenvalue weighted by Crippen LogP contribution is 2.27. The van der Waals surface area contributed by atoms with Crippen LogP contribution in [0.25, 0.3) is 0 Å². The molecule has 128 valence electrons. The standard InChI is InChI=1S/C16H19N3O5/c1-23-15-5-4-13(24-15)16(22)18-7-2-3-11(9-18)12-6-8-19(17-12)10-14(20)21/h4-6,8,11H,2-3,7,9-10H2,1H3,(H,20,21). The summed E-state index contributed by atoms with van der Waals surface area (Å²) in [5, 5.41) is 13.1. The van der Waals surface area contributed by atoms with Gasteiger partial charge in [0.25, 0.3) is 11.9 Å². The number of rotatable bonds is 5. The lowest BCUT2D eigenvalue weighted by Crippen LogP contribution is -2.39. The summed E-state index contributed by atoms with van der Waals surface area (Å²) in [6.07, 6.45) is 3.43. The normalized spacial score (nSPS) is 17.7. The zero-order chi connectivity index (χ0) is 17.1. The number of hydrogen-bond donors (Lipinski definition) is 1. The van der Waals surface area contributed by atoms with Crippen molar-refractivity contribution < 1.29 is 23.8 Å². The van der Waals surface area contributed by atoms with Crippen LogP contribution in [0.1, 0.15) is 35.0 Å². The molecule has 1 atom stereocenters. The minimum atomic E-state index is -0.933. The summed E-state index contributed by atoms with van der Waals surface area (Å²) >= 11 is 0. The number of aromatic nitrogens is 2. The largest absolute Gasteiger partial charge is 0.480 e. The first-order valence-electron chi connectivity index (χ1n) is 7.75. The zero-order valence-electron chi connectivity index (χ0n) is 13.3. The summed E-state index contributed by atoms with van der Waals surface area (Å²) in [4.78, 5) is 25.0. The third-order valence-electron chi connectivity index (χ3n) is 4.08. The number of methoxy groups -OCH3 is 1. The van der Waals surface area contributed by atoms with Gasteiger partial charge in [-0.05, 0) is 25.0 Å². The number of piperidine rings is 1. The van der Waals surface area contributed by atoms with Gasteiger partial charge in [0.2, 0.25) is 0 Å². The van der Waals surface area contributed by atoms with Gasteiger partial charge in [-0.3, -0.25) is 14.3 Å². The highest BCUT2D eigenvalue weighted by atomic mass is 16.6. The topological polar surface area (TPSA) is 97.8 Å². The Morgan fingerprint density at radius 1 is 1.42 bits per heavy atom. The molecule has 1 aliphatic heterocycles. The lowest BCUT2D eigenvalue weighted by Gasteiger charge is -2.31. The highest BCUT2D eigenvalue weighted by Gasteiger charge is 2.28. The monoisotopic (exact) mass is 333 g/mol. The number of carbonyl (C=O) groups excluding carboxylic acids is 1. The zero-order valence-corrected chi connectivity index (χ0v) is 13.3. The van der Waals surface area contributed by atoms with Gasteiger partial charge in [0, 0.05) is 31.3 Å². The van der Waals surface area contributed by atoms with E-state index in [4.69, 9.17) is 14.3 Å². The average molecular weight is 333 g/mol. The Labute approximate surface area is 138 Å². The molecule has 0 bridgehead atoms. The molecule has 0 aromatic carbocycles. The van der Waals surface area contributed by atoms with Crippen molar-refractivity contribution in [2.45, 2.75) is 25.3 Å². The number of ether oxygens (including phenoxy) is 1. The average Bonchev–Trinajstić information content (AvgIpc) is 3.23. The fourth-order valence-electron chi connectivity index (χ4n) is 2.93. The molecule has 3 rings (SSSR count). The predicted molar refractivity (Wildman–Crippen MR) is 83.0 cm³/mol. The molecule has 0 radical (unpaired) electrons. The molecular formula is C16H19N3O5. The van der Waals surface area contributed by atoms with Crippen LogP contribution in [0.3, 0.4) is 0 Å². The van der Waals surface area contributed by atoms with Crippen LogP contribution in [-0.4, -0.2) is 51.9 Å². The number of likely N-dealkylation sites (tertiary alicyclic amines) is 1. The van der Waals surface area contributed by atoms with E-state index >= 15 is 0 Å². The molecule has 0 saturated carbocycles. The van der Waals surface area contributed by atoms with Gasteiger partial charge >= 0.3 is 5.97 Å². The molecule has 8 heteroatoms. The number of aliphatic carboxylic acids is 1. The Morgan fingerprint density at radius 3 is 2.96 bits per heavy atom. The minimum absolute atomic E-state index is 0.0922. The van der Waals surface area contributed by atoms with E-state index in [1.54, 1.807) is 23.2 Å². The molecule has 3 heterocycles. The lowest BCUT2D eigenvalue weighted by molar-refractivity contribution is -0.137. The second-order valence-corrected chi connectivity index (χ2v) is 5.75. The number of furan rings is 1. The quantitative estimate of drug-likeness (QED) is 0.892. The molecule has 8 nitrogen and oxygen atoms in total. The summed E-state index contributed by atoms with van der Waals surface area (Å²) in [6, 6.07) is 5.03. The van der Waals surface area contributed by atoms with Crippen molar-refractivity contribution in [3.8, 4) is 5.95 Å². The van der Waals surface area contributed by atoms with E-state index in [1.807, 2.05) is 6.07 Å². The van der Waals surface area contributed by atoms with E-state index in [9.17, 15) is 9.59 Å². The molecule has 24 heavy (non-hydrogen) atoms. The third kappa shape index (κ3) is 3.42. The van der Waals surface area contributed by atoms with Crippen molar-refractivity contribution >= 4 is 11.9 Å². The molecule has 1 unspecified atom stereocenters. The SMILES string of the molecule is COc1ccc(C(=O)N2CCCC(c3ccn(CC(=O)O)n3)C2)o1. The molecule has 1 saturated heterocycles. The van der Waals surface area contributed by atoms with E-state index in [1.165, 1.54) is 11.8 Å². The van der Waals surface area contributed by atoms with Gasteiger partial charge in [-0.15, -0.1) is 0 Å². The Kier molecular flexibility index (Phi) is 4.54. The van der Waals surface area contributed by atoms with Crippen LogP contribution in [0, 0.1) is 0 Å². The smallest absolute Gasteiger partial charge is 0.325 e. The first kappa shape index (κ1) is 16.1. The summed E-state index contributed by atoms with van der Waals surface area (Å²) in [7, 11) is 1.48. The van der Waals surface area contributed by atoms with Crippen LogP contribution >= 0.6 is 0 Å². The molecule has 2 aromatic heterocycles. The van der Waals surface area contributed by atoms with Crippen LogP contribution in [0.2, 0.25) is 0 Å². The van der Waals surface area contributed by atoms with Crippen molar-refractivity contribution in [2.24, 2.45) is 0 Å². The highest BCUT2D eigenvalue weighted by molar-refractivity contribution is 5.91. The summed E-state index contributed by atoms with van der Waals surface area (Å²) in [5.41, 5.74) is 0.811. The second kappa shape index (κ2) is 6.77. The van der Waals surface area contributed by atoms with E-state index in [-0.39, 0.29) is 24.1 Å². The molecular weight excluding hydrogens is 314 g/mol. The van der Waals surface area contributed by atoms with Crippen molar-refractivity contribution in [3.05, 3.63) is 35.9 Å². The molecule has 1 N–H and O–H groups in total. The van der Waals surface area contributed by atoms with Gasteiger partial charge < -0.3 is 19.2 Å². The van der Waals surface area contributed by atoms with Gasteiger partial charge in [-0.2, -0.15) is 5.10 Å². The molecule has 0 aliphatic carbocycles. The van der Waals surface area contributed by atoms with E-state index < -0.39 is 5.97 Å². The van der Waals surface area contributed by atoms with Crippen LogP contribution in [-0.2, 0) is 11.3 Å². The molecule has 0 spiro atoms. The first-order chi connectivity index (χ1) is 11.6. The van der Waals surface area contributed by atoms with Crippen LogP contribution in [0.5, 0.6) is 5.95 Å². The molecule has 1 aliphatic rings. The Balaban J connectivity index is 1.68. The fraction of sp³-hybridized carbons (Fsp3) is 0.438. The van der Waals surface area contributed by atoms with Crippen molar-refractivity contribution in [3.63, 3.8) is 0 Å². The van der Waals surface area contributed by atoms with Crippen LogP contribution in [0.4, 0.5) is 0 Å². The number of carbonyl (C=O) groups is 2. The van der Waals surface area contributed by atoms with Crippen molar-refractivity contribution in [1.29, 1.82) is 0 Å². The van der Waals surface area contributed by atoms with Gasteiger partial charge in [0.15, 0.2) is 5.76 Å². The number of carboxylic acid groups (broad SMARTS) is 1. The summed E-state index contributed by atoms with van der Waals surface area (Å²) in [5.74, 6) is -0.456. The lowest BCUT2D eigenvalue weighted by atomic mass is 9.95. The summed E-state index contributed by atoms with van der Waals surface area (Å²) < 4.78 is 11.7. The van der Waals surface area contributed by atoms with Crippen LogP contribution in [0.15, 0.2) is 28.8 Å². The maximum atomic E-state index is 12.5. The minimum Gasteiger partial charge on any atom is -0.480 e. The van der Waals surface area contributed by atoms with E-state index in [0.717, 1.165) is 18.5 Å². The van der Waals surface area contributed by atoms with Gasteiger partial charge in [-0.25, -0.2) is 0 Å². The first-order valence-corrected chi connectivity index (χ1v) is 7.75. The Hall–Kier alpha value is -2.77. The molecule has 1 fully saturated rings. The van der Waals surface area contributed by atoms with Gasteiger partial charge in [-0.1, -0.05) is 0 Å². The maximum absolute atomic E-state index is 12.5. The number of hydrogen-bond acceptors (Lipinski definition) is 5.